The summed E-state index contributed by atoms with van der Waals surface area (Å²) >= 11 is 0. The van der Waals surface area contributed by atoms with Crippen LogP contribution in [0, 0.1) is 0 Å². The molecule has 0 bridgehead atoms. The number of ether oxygens (including phenoxy) is 1. The van der Waals surface area contributed by atoms with Crippen molar-refractivity contribution in [2.45, 2.75) is 52.4 Å². The van der Waals surface area contributed by atoms with Gasteiger partial charge in [0.25, 0.3) is 0 Å². The Hall–Kier alpha value is -1.51. The van der Waals surface area contributed by atoms with Gasteiger partial charge in [-0.1, -0.05) is 45.1 Å². The largest absolute Gasteiger partial charge is 0.462 e. The zero-order valence-corrected chi connectivity index (χ0v) is 12.8. The van der Waals surface area contributed by atoms with Crippen molar-refractivity contribution in [3.8, 4) is 0 Å². The van der Waals surface area contributed by atoms with Crippen LogP contribution in [0.4, 0.5) is 5.69 Å². The number of hydrogen-bond donors (Lipinski definition) is 1. The van der Waals surface area contributed by atoms with E-state index < -0.39 is 0 Å². The highest BCUT2D eigenvalue weighted by atomic mass is 16.5. The number of carbonyl (C=O) groups excluding carboxylic acids is 1. The molecule has 1 rings (SSSR count). The summed E-state index contributed by atoms with van der Waals surface area (Å²) in [5, 5.41) is 3.37. The van der Waals surface area contributed by atoms with E-state index >= 15 is 0 Å². The first kappa shape index (κ1) is 16.5. The number of nitrogens with one attached hydrogen (secondary N) is 1. The van der Waals surface area contributed by atoms with Crippen molar-refractivity contribution >= 4 is 11.7 Å². The van der Waals surface area contributed by atoms with Gasteiger partial charge in [0.05, 0.1) is 12.2 Å². The summed E-state index contributed by atoms with van der Waals surface area (Å²) in [6.07, 6.45) is 7.74. The fraction of sp³-hybridized carbons (Fsp3) is 0.588. The summed E-state index contributed by atoms with van der Waals surface area (Å²) in [6, 6.07) is 7.51. The summed E-state index contributed by atoms with van der Waals surface area (Å²) in [7, 11) is 0. The second-order valence-electron chi connectivity index (χ2n) is 5.00. The molecule has 1 aromatic rings. The van der Waals surface area contributed by atoms with Crippen LogP contribution < -0.4 is 5.32 Å². The van der Waals surface area contributed by atoms with E-state index in [9.17, 15) is 4.79 Å². The van der Waals surface area contributed by atoms with Gasteiger partial charge >= 0.3 is 5.97 Å². The highest BCUT2D eigenvalue weighted by Crippen LogP contribution is 2.12. The first-order chi connectivity index (χ1) is 9.77. The summed E-state index contributed by atoms with van der Waals surface area (Å²) in [5.41, 5.74) is 1.60. The number of hydrogen-bond acceptors (Lipinski definition) is 3. The lowest BCUT2D eigenvalue weighted by atomic mass is 10.1. The fourth-order valence-electron chi connectivity index (χ4n) is 2.11. The molecule has 0 fully saturated rings. The molecule has 0 atom stereocenters. The molecule has 0 heterocycles. The van der Waals surface area contributed by atoms with Gasteiger partial charge in [-0.3, -0.25) is 0 Å². The molecule has 20 heavy (non-hydrogen) atoms. The standard InChI is InChI=1S/C17H27NO2/c1-3-5-6-7-8-9-13-18-16-12-10-11-15(14-16)17(19)20-4-2/h10-12,14,18H,3-9,13H2,1-2H3. The van der Waals surface area contributed by atoms with Crippen LogP contribution >= 0.6 is 0 Å². The Balaban J connectivity index is 2.26. The van der Waals surface area contributed by atoms with E-state index in [4.69, 9.17) is 4.74 Å². The summed E-state index contributed by atoms with van der Waals surface area (Å²) in [4.78, 5) is 11.6. The Morgan fingerprint density at radius 2 is 1.85 bits per heavy atom. The molecule has 0 saturated heterocycles. The molecule has 3 heteroatoms. The first-order valence-electron chi connectivity index (χ1n) is 7.79. The van der Waals surface area contributed by atoms with Crippen molar-refractivity contribution in [1.29, 1.82) is 0 Å². The average Bonchev–Trinajstić information content (AvgIpc) is 2.47. The number of benzene rings is 1. The van der Waals surface area contributed by atoms with Gasteiger partial charge in [-0.05, 0) is 31.5 Å². The Labute approximate surface area is 122 Å². The van der Waals surface area contributed by atoms with Crippen LogP contribution in [0.5, 0.6) is 0 Å². The van der Waals surface area contributed by atoms with Crippen molar-refractivity contribution in [3.63, 3.8) is 0 Å². The molecule has 0 saturated carbocycles. The van der Waals surface area contributed by atoms with E-state index in [1.807, 2.05) is 25.1 Å². The molecule has 1 aromatic carbocycles. The third-order valence-corrected chi connectivity index (χ3v) is 3.23. The second-order valence-corrected chi connectivity index (χ2v) is 5.00. The Kier molecular flexibility index (Phi) is 8.52. The molecule has 0 aliphatic carbocycles. The highest BCUT2D eigenvalue weighted by molar-refractivity contribution is 5.90. The number of unbranched alkanes of at least 4 members (excludes halogenated alkanes) is 5. The molecule has 112 valence electrons. The average molecular weight is 277 g/mol. The lowest BCUT2D eigenvalue weighted by molar-refractivity contribution is 0.0526. The Bertz CT molecular complexity index is 390. The van der Waals surface area contributed by atoms with Crippen LogP contribution in [0.1, 0.15) is 62.7 Å². The maximum Gasteiger partial charge on any atom is 0.338 e. The van der Waals surface area contributed by atoms with Crippen LogP contribution in [0.2, 0.25) is 0 Å². The van der Waals surface area contributed by atoms with Gasteiger partial charge in [0.2, 0.25) is 0 Å². The van der Waals surface area contributed by atoms with Gasteiger partial charge in [0.15, 0.2) is 0 Å². The van der Waals surface area contributed by atoms with E-state index in [2.05, 4.69) is 12.2 Å². The molecular formula is C17H27NO2. The molecular weight excluding hydrogens is 250 g/mol. The lowest BCUT2D eigenvalue weighted by Crippen LogP contribution is -2.06. The summed E-state index contributed by atoms with van der Waals surface area (Å²) in [5.74, 6) is -0.254. The third kappa shape index (κ3) is 6.60. The van der Waals surface area contributed by atoms with Crippen molar-refractivity contribution < 1.29 is 9.53 Å². The van der Waals surface area contributed by atoms with Crippen LogP contribution in [0.3, 0.4) is 0 Å². The van der Waals surface area contributed by atoms with Crippen LogP contribution in [0.15, 0.2) is 24.3 Å². The van der Waals surface area contributed by atoms with E-state index in [0.717, 1.165) is 12.2 Å². The first-order valence-corrected chi connectivity index (χ1v) is 7.79. The number of anilines is 1. The molecule has 0 radical (unpaired) electrons. The minimum atomic E-state index is -0.254. The highest BCUT2D eigenvalue weighted by Gasteiger charge is 2.06. The topological polar surface area (TPSA) is 38.3 Å². The maximum atomic E-state index is 11.6. The molecule has 3 nitrogen and oxygen atoms in total. The fourth-order valence-corrected chi connectivity index (χ4v) is 2.11. The van der Waals surface area contributed by atoms with E-state index in [0.29, 0.717) is 12.2 Å². The zero-order chi connectivity index (χ0) is 14.6. The monoisotopic (exact) mass is 277 g/mol. The van der Waals surface area contributed by atoms with Crippen LogP contribution in [0.25, 0.3) is 0 Å². The molecule has 0 aliphatic heterocycles. The predicted octanol–water partition coefficient (Wildman–Crippen LogP) is 4.64. The minimum absolute atomic E-state index is 0.254. The smallest absolute Gasteiger partial charge is 0.338 e. The van der Waals surface area contributed by atoms with E-state index in [1.165, 1.54) is 38.5 Å². The van der Waals surface area contributed by atoms with Gasteiger partial charge in [0.1, 0.15) is 0 Å². The molecule has 0 aromatic heterocycles. The number of rotatable bonds is 10. The zero-order valence-electron chi connectivity index (χ0n) is 12.8. The SMILES string of the molecule is CCCCCCCCNc1cccc(C(=O)OCC)c1. The number of carbonyl (C=O) groups is 1. The van der Waals surface area contributed by atoms with Crippen molar-refractivity contribution in [1.82, 2.24) is 0 Å². The van der Waals surface area contributed by atoms with E-state index in [-0.39, 0.29) is 5.97 Å². The van der Waals surface area contributed by atoms with Gasteiger partial charge in [-0.15, -0.1) is 0 Å². The summed E-state index contributed by atoms with van der Waals surface area (Å²) < 4.78 is 5.00. The second kappa shape index (κ2) is 10.3. The van der Waals surface area contributed by atoms with E-state index in [1.54, 1.807) is 6.07 Å². The molecule has 0 aliphatic rings. The van der Waals surface area contributed by atoms with Crippen LogP contribution in [-0.2, 0) is 4.74 Å². The van der Waals surface area contributed by atoms with Crippen molar-refractivity contribution in [2.75, 3.05) is 18.5 Å². The lowest BCUT2D eigenvalue weighted by Gasteiger charge is -2.08. The van der Waals surface area contributed by atoms with Gasteiger partial charge in [0, 0.05) is 12.2 Å². The van der Waals surface area contributed by atoms with Crippen molar-refractivity contribution in [2.24, 2.45) is 0 Å². The Morgan fingerprint density at radius 3 is 2.60 bits per heavy atom. The minimum Gasteiger partial charge on any atom is -0.462 e. The molecule has 1 N–H and O–H groups in total. The quantitative estimate of drug-likeness (QED) is 0.500. The maximum absolute atomic E-state index is 11.6. The van der Waals surface area contributed by atoms with Gasteiger partial charge < -0.3 is 10.1 Å². The molecule has 0 spiro atoms. The van der Waals surface area contributed by atoms with Crippen molar-refractivity contribution in [3.05, 3.63) is 29.8 Å². The molecule has 0 amide bonds. The molecule has 0 unspecified atom stereocenters. The normalized spacial score (nSPS) is 10.3. The summed E-state index contributed by atoms with van der Waals surface area (Å²) in [6.45, 7) is 5.42. The number of esters is 1. The van der Waals surface area contributed by atoms with Gasteiger partial charge in [-0.2, -0.15) is 0 Å². The van der Waals surface area contributed by atoms with Gasteiger partial charge in [-0.25, -0.2) is 4.79 Å². The predicted molar refractivity (Wildman–Crippen MR) is 84.3 cm³/mol. The Morgan fingerprint density at radius 1 is 1.10 bits per heavy atom. The van der Waals surface area contributed by atoms with Crippen LogP contribution in [-0.4, -0.2) is 19.1 Å². The third-order valence-electron chi connectivity index (χ3n) is 3.23.